The van der Waals surface area contributed by atoms with Crippen molar-refractivity contribution in [2.45, 2.75) is 6.04 Å². The van der Waals surface area contributed by atoms with Crippen LogP contribution in [0.15, 0.2) is 34.4 Å². The molecule has 3 heterocycles. The predicted octanol–water partition coefficient (Wildman–Crippen LogP) is 2.10. The molecule has 3 aromatic rings. The van der Waals surface area contributed by atoms with E-state index in [2.05, 4.69) is 9.88 Å². The van der Waals surface area contributed by atoms with E-state index < -0.39 is 0 Å². The van der Waals surface area contributed by atoms with Crippen LogP contribution in [-0.2, 0) is 0 Å². The molecule has 1 aromatic carbocycles. The largest absolute Gasteiger partial charge is 0.507 e. The number of aromatic hydroxyl groups is 1. The van der Waals surface area contributed by atoms with E-state index in [9.17, 15) is 9.90 Å². The van der Waals surface area contributed by atoms with Crippen molar-refractivity contribution < 1.29 is 5.11 Å². The lowest BCUT2D eigenvalue weighted by atomic mass is 10.0. The summed E-state index contributed by atoms with van der Waals surface area (Å²) in [6.45, 7) is 2.63. The number of likely N-dealkylation sites (tertiary alicyclic amines) is 1. The number of H-pyrrole nitrogens is 1. The minimum atomic E-state index is -0.0855. The van der Waals surface area contributed by atoms with Crippen molar-refractivity contribution in [1.82, 2.24) is 9.88 Å². The van der Waals surface area contributed by atoms with Gasteiger partial charge >= 0.3 is 0 Å². The second-order valence-corrected chi connectivity index (χ2v) is 6.84. The zero-order valence-electron chi connectivity index (χ0n) is 12.5. The topological polar surface area (TPSA) is 82.3 Å². The molecule has 118 valence electrons. The molecule has 1 saturated heterocycles. The fourth-order valence-electron chi connectivity index (χ4n) is 3.11. The molecule has 0 amide bonds. The van der Waals surface area contributed by atoms with Crippen LogP contribution in [0.3, 0.4) is 0 Å². The summed E-state index contributed by atoms with van der Waals surface area (Å²) < 4.78 is 0.687. The van der Waals surface area contributed by atoms with Gasteiger partial charge in [-0.3, -0.25) is 9.69 Å². The number of nitrogens with one attached hydrogen (secondary N) is 1. The van der Waals surface area contributed by atoms with Gasteiger partial charge in [0.15, 0.2) is 0 Å². The van der Waals surface area contributed by atoms with Gasteiger partial charge in [0.1, 0.15) is 10.4 Å². The molecule has 6 heteroatoms. The summed E-state index contributed by atoms with van der Waals surface area (Å²) in [5, 5.41) is 14.0. The first-order chi connectivity index (χ1) is 11.1. The van der Waals surface area contributed by atoms with E-state index >= 15 is 0 Å². The highest BCUT2D eigenvalue weighted by Gasteiger charge is 2.21. The molecule has 0 atom stereocenters. The Balaban J connectivity index is 1.81. The second kappa shape index (κ2) is 5.49. The van der Waals surface area contributed by atoms with E-state index in [0.29, 0.717) is 4.70 Å². The SMILES string of the molecule is NC1CN(C/C=C/c2c(O)ccc3[nH]c(=O)c4sccc4c23)C1. The number of phenolic OH excluding ortho intramolecular Hbond substituents is 1. The molecule has 0 aliphatic carbocycles. The summed E-state index contributed by atoms with van der Waals surface area (Å²) in [6, 6.07) is 5.58. The third-order valence-electron chi connectivity index (χ3n) is 4.25. The number of thiophene rings is 1. The fraction of sp³-hybridized carbons (Fsp3) is 0.235. The quantitative estimate of drug-likeness (QED) is 0.688. The Kier molecular flexibility index (Phi) is 3.45. The molecule has 0 unspecified atom stereocenters. The highest BCUT2D eigenvalue weighted by molar-refractivity contribution is 7.17. The summed E-state index contributed by atoms with van der Waals surface area (Å²) in [7, 11) is 0. The third-order valence-corrected chi connectivity index (χ3v) is 5.16. The number of benzene rings is 1. The van der Waals surface area contributed by atoms with Crippen LogP contribution in [0.25, 0.3) is 27.1 Å². The average molecular weight is 327 g/mol. The van der Waals surface area contributed by atoms with Gasteiger partial charge in [-0.1, -0.05) is 12.2 Å². The minimum absolute atomic E-state index is 0.0855. The zero-order valence-corrected chi connectivity index (χ0v) is 13.3. The van der Waals surface area contributed by atoms with Crippen LogP contribution in [0.2, 0.25) is 0 Å². The number of hydrogen-bond acceptors (Lipinski definition) is 5. The monoisotopic (exact) mass is 327 g/mol. The van der Waals surface area contributed by atoms with Gasteiger partial charge < -0.3 is 15.8 Å². The van der Waals surface area contributed by atoms with Gasteiger partial charge in [-0.15, -0.1) is 11.3 Å². The first kappa shape index (κ1) is 14.4. The van der Waals surface area contributed by atoms with Crippen LogP contribution >= 0.6 is 11.3 Å². The fourth-order valence-corrected chi connectivity index (χ4v) is 3.91. The predicted molar refractivity (Wildman–Crippen MR) is 95.1 cm³/mol. The molecule has 5 nitrogen and oxygen atoms in total. The molecule has 0 saturated carbocycles. The number of rotatable bonds is 3. The van der Waals surface area contributed by atoms with Gasteiger partial charge in [-0.05, 0) is 23.6 Å². The number of nitrogens with two attached hydrogens (primary N) is 1. The van der Waals surface area contributed by atoms with Crippen LogP contribution < -0.4 is 11.3 Å². The number of fused-ring (bicyclic) bond motifs is 3. The first-order valence-electron chi connectivity index (χ1n) is 7.53. The summed E-state index contributed by atoms with van der Waals surface area (Å²) in [5.41, 5.74) is 7.17. The Bertz CT molecular complexity index is 967. The van der Waals surface area contributed by atoms with Crippen molar-refractivity contribution in [2.24, 2.45) is 5.73 Å². The molecular weight excluding hydrogens is 310 g/mol. The number of hydrogen-bond donors (Lipinski definition) is 3. The van der Waals surface area contributed by atoms with E-state index in [0.717, 1.165) is 41.5 Å². The summed E-state index contributed by atoms with van der Waals surface area (Å²) in [6.07, 6.45) is 3.96. The maximum Gasteiger partial charge on any atom is 0.266 e. The summed E-state index contributed by atoms with van der Waals surface area (Å²) in [5.74, 6) is 0.216. The Hall–Kier alpha value is -2.15. The second-order valence-electron chi connectivity index (χ2n) is 5.92. The van der Waals surface area contributed by atoms with Crippen molar-refractivity contribution >= 4 is 38.4 Å². The standard InChI is InChI=1S/C17H17N3O2S/c18-10-8-20(9-10)6-1-2-11-14(21)4-3-13-15(11)12-5-7-23-16(12)17(22)19-13/h1-5,7,10,21H,6,8-9,18H2,(H,19,22)/b2-1+. The average Bonchev–Trinajstić information content (AvgIpc) is 2.98. The third kappa shape index (κ3) is 2.45. The normalized spacial score (nSPS) is 16.6. The van der Waals surface area contributed by atoms with Crippen LogP contribution in [0.4, 0.5) is 0 Å². The van der Waals surface area contributed by atoms with Gasteiger partial charge in [0, 0.05) is 47.5 Å². The summed E-state index contributed by atoms with van der Waals surface area (Å²) in [4.78, 5) is 17.2. The van der Waals surface area contributed by atoms with E-state index in [1.807, 2.05) is 23.6 Å². The van der Waals surface area contributed by atoms with Crippen molar-refractivity contribution in [1.29, 1.82) is 0 Å². The maximum atomic E-state index is 12.1. The molecule has 4 rings (SSSR count). The van der Waals surface area contributed by atoms with Crippen molar-refractivity contribution in [3.63, 3.8) is 0 Å². The molecule has 4 N–H and O–H groups in total. The number of nitrogens with zero attached hydrogens (tertiary/aromatic N) is 1. The minimum Gasteiger partial charge on any atom is -0.507 e. The molecule has 2 aromatic heterocycles. The summed E-state index contributed by atoms with van der Waals surface area (Å²) >= 11 is 1.41. The van der Waals surface area contributed by atoms with Crippen LogP contribution in [0.5, 0.6) is 5.75 Å². The van der Waals surface area contributed by atoms with Crippen LogP contribution in [-0.4, -0.2) is 40.7 Å². The lowest BCUT2D eigenvalue weighted by molar-refractivity contribution is 0.170. The zero-order chi connectivity index (χ0) is 16.0. The van der Waals surface area contributed by atoms with Gasteiger partial charge in [0.05, 0.1) is 0 Å². The molecular formula is C17H17N3O2S. The van der Waals surface area contributed by atoms with E-state index in [1.165, 1.54) is 11.3 Å². The molecule has 0 radical (unpaired) electrons. The Morgan fingerprint density at radius 1 is 1.39 bits per heavy atom. The highest BCUT2D eigenvalue weighted by atomic mass is 32.1. The van der Waals surface area contributed by atoms with Crippen LogP contribution in [0, 0.1) is 0 Å². The van der Waals surface area contributed by atoms with Crippen molar-refractivity contribution in [2.75, 3.05) is 19.6 Å². The Morgan fingerprint density at radius 3 is 3.00 bits per heavy atom. The van der Waals surface area contributed by atoms with Gasteiger partial charge in [-0.2, -0.15) is 0 Å². The number of pyridine rings is 1. The van der Waals surface area contributed by atoms with E-state index in [1.54, 1.807) is 12.1 Å². The number of aromatic amines is 1. The van der Waals surface area contributed by atoms with Gasteiger partial charge in [0.2, 0.25) is 0 Å². The Labute approximate surface area is 136 Å². The lowest BCUT2D eigenvalue weighted by Crippen LogP contribution is -2.55. The lowest BCUT2D eigenvalue weighted by Gasteiger charge is -2.35. The molecule has 0 spiro atoms. The van der Waals surface area contributed by atoms with E-state index in [4.69, 9.17) is 5.73 Å². The molecule has 23 heavy (non-hydrogen) atoms. The van der Waals surface area contributed by atoms with Gasteiger partial charge in [0.25, 0.3) is 5.56 Å². The van der Waals surface area contributed by atoms with Crippen LogP contribution in [0.1, 0.15) is 5.56 Å². The molecule has 1 aliphatic heterocycles. The first-order valence-corrected chi connectivity index (χ1v) is 8.41. The van der Waals surface area contributed by atoms with Crippen molar-refractivity contribution in [3.05, 3.63) is 45.6 Å². The van der Waals surface area contributed by atoms with E-state index in [-0.39, 0.29) is 17.4 Å². The number of phenols is 1. The highest BCUT2D eigenvalue weighted by Crippen LogP contribution is 2.33. The molecule has 1 aliphatic rings. The van der Waals surface area contributed by atoms with Gasteiger partial charge in [-0.25, -0.2) is 0 Å². The number of aromatic nitrogens is 1. The van der Waals surface area contributed by atoms with Crippen molar-refractivity contribution in [3.8, 4) is 5.75 Å². The maximum absolute atomic E-state index is 12.1. The smallest absolute Gasteiger partial charge is 0.266 e. The molecule has 0 bridgehead atoms. The Morgan fingerprint density at radius 2 is 2.22 bits per heavy atom. The molecule has 1 fully saturated rings.